The van der Waals surface area contributed by atoms with E-state index in [4.69, 9.17) is 0 Å². The SMILES string of the molecule is CCCCCCCCC1(CCCCCCCC)c2ccccc2-c2cccc(-c3ccc4c(c3)C(CCCCCC)(CCCCCC)c3cc(-c5ccc(-c6ccc(O)cc6)s5)ccc3-4)c21. The maximum absolute atomic E-state index is 9.99. The van der Waals surface area contributed by atoms with Crippen molar-refractivity contribution in [2.24, 2.45) is 0 Å². The third-order valence-corrected chi connectivity index (χ3v) is 17.0. The molecule has 348 valence electrons. The van der Waals surface area contributed by atoms with E-state index in [0.717, 1.165) is 5.56 Å². The van der Waals surface area contributed by atoms with E-state index < -0.39 is 0 Å². The van der Waals surface area contributed by atoms with E-state index in [0.29, 0.717) is 5.75 Å². The van der Waals surface area contributed by atoms with Crippen molar-refractivity contribution in [1.82, 2.24) is 0 Å². The molecule has 1 nitrogen and oxygen atoms in total. The van der Waals surface area contributed by atoms with Crippen LogP contribution in [0, 0.1) is 0 Å². The fourth-order valence-corrected chi connectivity index (χ4v) is 13.3. The van der Waals surface area contributed by atoms with E-state index in [2.05, 4.69) is 119 Å². The summed E-state index contributed by atoms with van der Waals surface area (Å²) in [6.07, 6.45) is 31.1. The van der Waals surface area contributed by atoms with Crippen molar-refractivity contribution in [2.45, 2.75) is 193 Å². The van der Waals surface area contributed by atoms with Gasteiger partial charge in [-0.05, 0) is 141 Å². The summed E-state index contributed by atoms with van der Waals surface area (Å²) in [6.45, 7) is 9.37. The molecule has 0 fully saturated rings. The molecule has 0 spiro atoms. The van der Waals surface area contributed by atoms with Crippen molar-refractivity contribution in [2.75, 3.05) is 0 Å². The Balaban J connectivity index is 1.24. The fraction of sp³-hybridized carbons (Fsp3) is 0.469. The Morgan fingerprint density at radius 3 is 1.36 bits per heavy atom. The molecule has 6 aromatic rings. The number of unbranched alkanes of at least 4 members (excludes halogenated alkanes) is 16. The third kappa shape index (κ3) is 10.2. The highest BCUT2D eigenvalue weighted by Gasteiger charge is 2.46. The van der Waals surface area contributed by atoms with Gasteiger partial charge in [-0.15, -0.1) is 11.3 Å². The van der Waals surface area contributed by atoms with Crippen LogP contribution in [0.25, 0.3) is 54.3 Å². The van der Waals surface area contributed by atoms with Gasteiger partial charge < -0.3 is 5.11 Å². The summed E-state index contributed by atoms with van der Waals surface area (Å²) >= 11 is 1.87. The molecule has 2 aliphatic rings. The fourth-order valence-electron chi connectivity index (χ4n) is 12.3. The Bertz CT molecular complexity index is 2440. The van der Waals surface area contributed by atoms with Crippen LogP contribution < -0.4 is 0 Å². The number of hydrogen-bond donors (Lipinski definition) is 1. The summed E-state index contributed by atoms with van der Waals surface area (Å²) < 4.78 is 0. The molecule has 0 bridgehead atoms. The number of benzene rings is 5. The third-order valence-electron chi connectivity index (χ3n) is 15.8. The van der Waals surface area contributed by atoms with Crippen LogP contribution in [0.4, 0.5) is 0 Å². The van der Waals surface area contributed by atoms with Gasteiger partial charge in [-0.1, -0.05) is 223 Å². The lowest BCUT2D eigenvalue weighted by Gasteiger charge is -2.35. The van der Waals surface area contributed by atoms with Gasteiger partial charge in [0.1, 0.15) is 5.75 Å². The van der Waals surface area contributed by atoms with E-state index in [1.54, 1.807) is 34.4 Å². The molecule has 0 aliphatic heterocycles. The minimum absolute atomic E-state index is 0.0236. The molecule has 2 aliphatic carbocycles. The van der Waals surface area contributed by atoms with Crippen molar-refractivity contribution in [3.05, 3.63) is 138 Å². The van der Waals surface area contributed by atoms with E-state index in [1.807, 2.05) is 23.5 Å². The molecular weight excluding hydrogens is 817 g/mol. The second-order valence-corrected chi connectivity index (χ2v) is 21.4. The van der Waals surface area contributed by atoms with Gasteiger partial charge >= 0.3 is 0 Å². The summed E-state index contributed by atoms with van der Waals surface area (Å²) in [5, 5.41) is 9.99. The zero-order valence-electron chi connectivity index (χ0n) is 41.3. The summed E-state index contributed by atoms with van der Waals surface area (Å²) in [5.74, 6) is 0.313. The van der Waals surface area contributed by atoms with Gasteiger partial charge in [0.2, 0.25) is 0 Å². The minimum atomic E-state index is -0.0236. The molecular formula is C64H80OS. The highest BCUT2D eigenvalue weighted by atomic mass is 32.1. The second kappa shape index (κ2) is 23.1. The molecule has 0 atom stereocenters. The van der Waals surface area contributed by atoms with Crippen molar-refractivity contribution in [1.29, 1.82) is 0 Å². The largest absolute Gasteiger partial charge is 0.508 e. The van der Waals surface area contributed by atoms with Crippen LogP contribution in [0.2, 0.25) is 0 Å². The first-order chi connectivity index (χ1) is 32.5. The topological polar surface area (TPSA) is 20.2 Å². The van der Waals surface area contributed by atoms with Crippen LogP contribution in [0.15, 0.2) is 115 Å². The normalized spacial score (nSPS) is 14.0. The van der Waals surface area contributed by atoms with Gasteiger partial charge in [-0.3, -0.25) is 0 Å². The van der Waals surface area contributed by atoms with Crippen molar-refractivity contribution >= 4 is 11.3 Å². The van der Waals surface area contributed by atoms with Crippen LogP contribution in [0.3, 0.4) is 0 Å². The molecule has 2 heteroatoms. The van der Waals surface area contributed by atoms with Crippen molar-refractivity contribution < 1.29 is 5.11 Å². The zero-order valence-corrected chi connectivity index (χ0v) is 42.1. The lowest BCUT2D eigenvalue weighted by atomic mass is 9.68. The lowest BCUT2D eigenvalue weighted by Crippen LogP contribution is -2.27. The molecule has 0 radical (unpaired) electrons. The molecule has 1 N–H and O–H groups in total. The molecule has 8 rings (SSSR count). The van der Waals surface area contributed by atoms with Gasteiger partial charge in [0.25, 0.3) is 0 Å². The highest BCUT2D eigenvalue weighted by molar-refractivity contribution is 7.18. The van der Waals surface area contributed by atoms with Crippen LogP contribution in [0.5, 0.6) is 5.75 Å². The first-order valence-corrected chi connectivity index (χ1v) is 27.7. The van der Waals surface area contributed by atoms with Crippen LogP contribution in [-0.4, -0.2) is 5.11 Å². The standard InChI is InChI=1S/C64H80OS/c1-5-9-13-17-19-25-44-64(45-26-20-18-14-10-6-2)57-31-22-21-28-53(57)56-30-27-29-52(62(56)64)49-34-38-54-55-39-35-50(61-41-40-60(66-61)48-32-36-51(65)37-33-48)47-59(55)63(58(54)46-49,42-23-15-11-7-3)43-24-16-12-8-4/h21-22,27-41,46-47,65H,5-20,23-26,42-45H2,1-4H3. The molecule has 1 heterocycles. The average Bonchev–Trinajstić information content (AvgIpc) is 4.03. The number of fused-ring (bicyclic) bond motifs is 6. The second-order valence-electron chi connectivity index (χ2n) is 20.3. The number of aromatic hydroxyl groups is 1. The Hall–Kier alpha value is -4.40. The number of hydrogen-bond acceptors (Lipinski definition) is 2. The summed E-state index contributed by atoms with van der Waals surface area (Å²) in [6, 6.07) is 44.5. The summed E-state index contributed by atoms with van der Waals surface area (Å²) in [4.78, 5) is 2.56. The van der Waals surface area contributed by atoms with Gasteiger partial charge in [-0.2, -0.15) is 0 Å². The van der Waals surface area contributed by atoms with Crippen LogP contribution >= 0.6 is 11.3 Å². The predicted octanol–water partition coefficient (Wildman–Crippen LogP) is 20.4. The molecule has 66 heavy (non-hydrogen) atoms. The predicted molar refractivity (Wildman–Crippen MR) is 288 cm³/mol. The Kier molecular flexibility index (Phi) is 16.8. The maximum atomic E-state index is 9.99. The first-order valence-electron chi connectivity index (χ1n) is 26.9. The molecule has 0 amide bonds. The Morgan fingerprint density at radius 2 is 0.773 bits per heavy atom. The Labute approximate surface area is 404 Å². The monoisotopic (exact) mass is 897 g/mol. The van der Waals surface area contributed by atoms with Gasteiger partial charge in [0.05, 0.1) is 0 Å². The zero-order chi connectivity index (χ0) is 45.8. The van der Waals surface area contributed by atoms with Gasteiger partial charge in [-0.25, -0.2) is 0 Å². The molecule has 0 saturated carbocycles. The molecule has 5 aromatic carbocycles. The summed E-state index contributed by atoms with van der Waals surface area (Å²) in [7, 11) is 0. The highest BCUT2D eigenvalue weighted by Crippen LogP contribution is 2.59. The van der Waals surface area contributed by atoms with E-state index in [-0.39, 0.29) is 10.8 Å². The van der Waals surface area contributed by atoms with E-state index in [1.165, 1.54) is 203 Å². The van der Waals surface area contributed by atoms with Gasteiger partial charge in [0, 0.05) is 20.6 Å². The average molecular weight is 897 g/mol. The number of phenols is 1. The number of rotatable bonds is 27. The number of thiophene rings is 1. The number of phenolic OH excluding ortho intramolecular Hbond substituents is 1. The van der Waals surface area contributed by atoms with Crippen molar-refractivity contribution in [3.8, 4) is 60.0 Å². The minimum Gasteiger partial charge on any atom is -0.508 e. The summed E-state index contributed by atoms with van der Waals surface area (Å²) in [5.41, 5.74) is 17.7. The first kappa shape index (κ1) is 48.1. The van der Waals surface area contributed by atoms with Gasteiger partial charge in [0.15, 0.2) is 0 Å². The molecule has 0 saturated heterocycles. The lowest BCUT2D eigenvalue weighted by molar-refractivity contribution is 0.398. The van der Waals surface area contributed by atoms with E-state index in [9.17, 15) is 5.11 Å². The Morgan fingerprint density at radius 1 is 0.348 bits per heavy atom. The van der Waals surface area contributed by atoms with E-state index >= 15 is 0 Å². The molecule has 1 aromatic heterocycles. The maximum Gasteiger partial charge on any atom is 0.115 e. The van der Waals surface area contributed by atoms with Crippen LogP contribution in [0.1, 0.15) is 204 Å². The van der Waals surface area contributed by atoms with Crippen molar-refractivity contribution in [3.63, 3.8) is 0 Å². The quantitative estimate of drug-likeness (QED) is 0.0511. The molecule has 0 unspecified atom stereocenters. The smallest absolute Gasteiger partial charge is 0.115 e. The van der Waals surface area contributed by atoms with Crippen LogP contribution in [-0.2, 0) is 10.8 Å².